The van der Waals surface area contributed by atoms with Crippen LogP contribution in [-0.2, 0) is 11.2 Å². The normalized spacial score (nSPS) is 21.4. The van der Waals surface area contributed by atoms with Crippen LogP contribution in [0, 0.1) is 11.7 Å². The largest absolute Gasteiger partial charge is 0.445 e. The van der Waals surface area contributed by atoms with Crippen LogP contribution in [-0.4, -0.2) is 28.9 Å². The number of rotatable bonds is 4. The Kier molecular flexibility index (Phi) is 5.55. The SMILES string of the molecule is O=C(C1CCCCC1)N1CCCC(c2ncc(Cc3cccc(F)c3)o2)C1. The van der Waals surface area contributed by atoms with Gasteiger partial charge in [-0.3, -0.25) is 4.79 Å². The molecular weight excluding hydrogens is 343 g/mol. The maximum absolute atomic E-state index is 13.4. The molecule has 1 atom stereocenters. The molecule has 2 aromatic rings. The molecule has 1 saturated carbocycles. The van der Waals surface area contributed by atoms with Crippen molar-refractivity contribution in [3.63, 3.8) is 0 Å². The van der Waals surface area contributed by atoms with Crippen LogP contribution in [0.1, 0.15) is 68.1 Å². The molecule has 0 N–H and O–H groups in total. The predicted molar refractivity (Wildman–Crippen MR) is 101 cm³/mol. The van der Waals surface area contributed by atoms with E-state index in [-0.39, 0.29) is 17.7 Å². The van der Waals surface area contributed by atoms with Crippen molar-refractivity contribution in [1.82, 2.24) is 9.88 Å². The molecule has 2 fully saturated rings. The second-order valence-corrected chi connectivity index (χ2v) is 7.93. The minimum Gasteiger partial charge on any atom is -0.445 e. The van der Waals surface area contributed by atoms with E-state index in [4.69, 9.17) is 4.42 Å². The van der Waals surface area contributed by atoms with Crippen LogP contribution in [0.15, 0.2) is 34.9 Å². The number of piperidine rings is 1. The summed E-state index contributed by atoms with van der Waals surface area (Å²) in [6.07, 6.45) is 9.95. The molecule has 2 heterocycles. The van der Waals surface area contributed by atoms with E-state index in [0.717, 1.165) is 43.6 Å². The van der Waals surface area contributed by atoms with E-state index < -0.39 is 0 Å². The molecule has 1 aromatic carbocycles. The molecule has 0 radical (unpaired) electrons. The third-order valence-corrected chi connectivity index (χ3v) is 5.88. The number of carbonyl (C=O) groups excluding carboxylic acids is 1. The van der Waals surface area contributed by atoms with E-state index in [1.807, 2.05) is 11.0 Å². The summed E-state index contributed by atoms with van der Waals surface area (Å²) in [5.74, 6) is 1.91. The third-order valence-electron chi connectivity index (χ3n) is 5.88. The van der Waals surface area contributed by atoms with Gasteiger partial charge < -0.3 is 9.32 Å². The van der Waals surface area contributed by atoms with Crippen molar-refractivity contribution in [1.29, 1.82) is 0 Å². The molecule has 4 rings (SSSR count). The summed E-state index contributed by atoms with van der Waals surface area (Å²) in [5, 5.41) is 0. The predicted octanol–water partition coefficient (Wildman–Crippen LogP) is 4.69. The Hall–Kier alpha value is -2.17. The second kappa shape index (κ2) is 8.24. The van der Waals surface area contributed by atoms with Crippen molar-refractivity contribution in [2.45, 2.75) is 57.3 Å². The van der Waals surface area contributed by atoms with Gasteiger partial charge in [-0.2, -0.15) is 0 Å². The molecule has 144 valence electrons. The van der Waals surface area contributed by atoms with E-state index in [0.29, 0.717) is 24.8 Å². The number of likely N-dealkylation sites (tertiary alicyclic amines) is 1. The van der Waals surface area contributed by atoms with E-state index in [2.05, 4.69) is 4.98 Å². The average Bonchev–Trinajstić information content (AvgIpc) is 3.17. The zero-order valence-electron chi connectivity index (χ0n) is 15.7. The Morgan fingerprint density at radius 1 is 1.19 bits per heavy atom. The van der Waals surface area contributed by atoms with E-state index in [1.165, 1.54) is 31.4 Å². The number of halogens is 1. The summed E-state index contributed by atoms with van der Waals surface area (Å²) in [5.41, 5.74) is 0.871. The molecule has 0 bridgehead atoms. The molecular formula is C22H27FN2O2. The summed E-state index contributed by atoms with van der Waals surface area (Å²) in [4.78, 5) is 19.3. The number of hydrogen-bond donors (Lipinski definition) is 0. The lowest BCUT2D eigenvalue weighted by Gasteiger charge is -2.34. The Balaban J connectivity index is 1.39. The molecule has 27 heavy (non-hydrogen) atoms. The topological polar surface area (TPSA) is 46.3 Å². The van der Waals surface area contributed by atoms with E-state index in [1.54, 1.807) is 12.3 Å². The highest BCUT2D eigenvalue weighted by atomic mass is 19.1. The minimum absolute atomic E-state index is 0.160. The number of benzene rings is 1. The van der Waals surface area contributed by atoms with Gasteiger partial charge in [0.05, 0.1) is 12.1 Å². The lowest BCUT2D eigenvalue weighted by molar-refractivity contribution is -0.137. The van der Waals surface area contributed by atoms with E-state index >= 15 is 0 Å². The first-order valence-corrected chi connectivity index (χ1v) is 10.2. The van der Waals surface area contributed by atoms with Gasteiger partial charge >= 0.3 is 0 Å². The Bertz CT molecular complexity index is 782. The number of nitrogens with zero attached hydrogens (tertiary/aromatic N) is 2. The van der Waals surface area contributed by atoms with Gasteiger partial charge in [0.1, 0.15) is 11.6 Å². The highest BCUT2D eigenvalue weighted by Crippen LogP contribution is 2.31. The van der Waals surface area contributed by atoms with Crippen molar-refractivity contribution >= 4 is 5.91 Å². The second-order valence-electron chi connectivity index (χ2n) is 7.93. The van der Waals surface area contributed by atoms with Crippen molar-refractivity contribution in [3.8, 4) is 0 Å². The number of aromatic nitrogens is 1. The van der Waals surface area contributed by atoms with Gasteiger partial charge in [0.25, 0.3) is 0 Å². The van der Waals surface area contributed by atoms with Gasteiger partial charge in [-0.15, -0.1) is 0 Å². The van der Waals surface area contributed by atoms with Crippen LogP contribution in [0.3, 0.4) is 0 Å². The first kappa shape index (κ1) is 18.2. The van der Waals surface area contributed by atoms with Crippen LogP contribution in [0.4, 0.5) is 4.39 Å². The van der Waals surface area contributed by atoms with Crippen molar-refractivity contribution < 1.29 is 13.6 Å². The Labute approximate surface area is 159 Å². The van der Waals surface area contributed by atoms with Crippen LogP contribution < -0.4 is 0 Å². The summed E-state index contributed by atoms with van der Waals surface area (Å²) >= 11 is 0. The summed E-state index contributed by atoms with van der Waals surface area (Å²) in [7, 11) is 0. The molecule has 5 heteroatoms. The highest BCUT2D eigenvalue weighted by Gasteiger charge is 2.31. The standard InChI is InChI=1S/C22H27FN2O2/c23-19-10-4-6-16(12-19)13-20-14-24-21(27-20)18-9-5-11-25(15-18)22(26)17-7-2-1-3-8-17/h4,6,10,12,14,17-18H,1-3,5,7-9,11,13,15H2. The fraction of sp³-hybridized carbons (Fsp3) is 0.545. The molecule has 1 amide bonds. The zero-order valence-corrected chi connectivity index (χ0v) is 15.7. The Morgan fingerprint density at radius 3 is 2.85 bits per heavy atom. The summed E-state index contributed by atoms with van der Waals surface area (Å²) in [6.45, 7) is 1.55. The number of carbonyl (C=O) groups is 1. The minimum atomic E-state index is -0.239. The molecule has 0 spiro atoms. The first-order chi connectivity index (χ1) is 13.2. The lowest BCUT2D eigenvalue weighted by atomic mass is 9.87. The van der Waals surface area contributed by atoms with E-state index in [9.17, 15) is 9.18 Å². The summed E-state index contributed by atoms with van der Waals surface area (Å²) < 4.78 is 19.3. The average molecular weight is 370 g/mol. The quantitative estimate of drug-likeness (QED) is 0.784. The first-order valence-electron chi connectivity index (χ1n) is 10.2. The molecule has 1 aliphatic carbocycles. The fourth-order valence-corrected chi connectivity index (χ4v) is 4.43. The fourth-order valence-electron chi connectivity index (χ4n) is 4.43. The van der Waals surface area contributed by atoms with Crippen molar-refractivity contribution in [2.75, 3.05) is 13.1 Å². The van der Waals surface area contributed by atoms with Gasteiger partial charge in [-0.25, -0.2) is 9.37 Å². The van der Waals surface area contributed by atoms with Gasteiger partial charge in [-0.05, 0) is 43.4 Å². The number of hydrogen-bond acceptors (Lipinski definition) is 3. The maximum Gasteiger partial charge on any atom is 0.225 e. The smallest absolute Gasteiger partial charge is 0.225 e. The molecule has 4 nitrogen and oxygen atoms in total. The van der Waals surface area contributed by atoms with Crippen LogP contribution in [0.25, 0.3) is 0 Å². The van der Waals surface area contributed by atoms with Crippen molar-refractivity contribution in [3.05, 3.63) is 53.5 Å². The zero-order chi connectivity index (χ0) is 18.6. The van der Waals surface area contributed by atoms with Gasteiger partial charge in [0.2, 0.25) is 5.91 Å². The summed E-state index contributed by atoms with van der Waals surface area (Å²) in [6, 6.07) is 6.55. The van der Waals surface area contributed by atoms with Crippen molar-refractivity contribution in [2.24, 2.45) is 5.92 Å². The molecule has 1 aromatic heterocycles. The van der Waals surface area contributed by atoms with Crippen LogP contribution in [0.2, 0.25) is 0 Å². The molecule has 1 saturated heterocycles. The Morgan fingerprint density at radius 2 is 2.04 bits per heavy atom. The van der Waals surface area contributed by atoms with Gasteiger partial charge in [0, 0.05) is 25.4 Å². The number of oxazole rings is 1. The molecule has 1 unspecified atom stereocenters. The van der Waals surface area contributed by atoms with Crippen LogP contribution >= 0.6 is 0 Å². The highest BCUT2D eigenvalue weighted by molar-refractivity contribution is 5.79. The van der Waals surface area contributed by atoms with Gasteiger partial charge in [-0.1, -0.05) is 31.4 Å². The van der Waals surface area contributed by atoms with Gasteiger partial charge in [0.15, 0.2) is 5.89 Å². The monoisotopic (exact) mass is 370 g/mol. The number of amides is 1. The third kappa shape index (κ3) is 4.40. The molecule has 2 aliphatic rings. The molecule has 1 aliphatic heterocycles. The maximum atomic E-state index is 13.4. The lowest BCUT2D eigenvalue weighted by Crippen LogP contribution is -2.42. The van der Waals surface area contributed by atoms with Crippen LogP contribution in [0.5, 0.6) is 0 Å².